The third-order valence-corrected chi connectivity index (χ3v) is 2.58. The largest absolute Gasteiger partial charge is 0.357 e. The van der Waals surface area contributed by atoms with Gasteiger partial charge in [0, 0.05) is 27.2 Å². The molecule has 1 rings (SSSR count). The van der Waals surface area contributed by atoms with Gasteiger partial charge in [-0.05, 0) is 25.0 Å². The summed E-state index contributed by atoms with van der Waals surface area (Å²) in [7, 11) is 3.86. The summed E-state index contributed by atoms with van der Waals surface area (Å²) in [5.41, 5.74) is 2.66. The Bertz CT molecular complexity index is 363. The van der Waals surface area contributed by atoms with Gasteiger partial charge in [-0.1, -0.05) is 24.3 Å². The fourth-order valence-electron chi connectivity index (χ4n) is 1.66. The predicted molar refractivity (Wildman–Crippen MR) is 85.1 cm³/mol. The SMILES string of the molecule is CCNC(=NC)N(C)Cc1ccccc1C.I. The molecule has 0 unspecified atom stereocenters. The van der Waals surface area contributed by atoms with Gasteiger partial charge in [-0.3, -0.25) is 4.99 Å². The van der Waals surface area contributed by atoms with Crippen LogP contribution in [0.1, 0.15) is 18.1 Å². The van der Waals surface area contributed by atoms with Gasteiger partial charge in [-0.15, -0.1) is 24.0 Å². The van der Waals surface area contributed by atoms with E-state index in [0.717, 1.165) is 19.0 Å². The summed E-state index contributed by atoms with van der Waals surface area (Å²) in [6, 6.07) is 8.44. The normalized spacial score (nSPS) is 10.7. The highest BCUT2D eigenvalue weighted by Crippen LogP contribution is 2.09. The smallest absolute Gasteiger partial charge is 0.193 e. The Balaban J connectivity index is 0.00000256. The summed E-state index contributed by atoms with van der Waals surface area (Å²) in [6.07, 6.45) is 0. The zero-order chi connectivity index (χ0) is 12.0. The molecule has 1 aromatic rings. The summed E-state index contributed by atoms with van der Waals surface area (Å²) in [4.78, 5) is 6.37. The minimum absolute atomic E-state index is 0. The molecule has 0 aliphatic heterocycles. The zero-order valence-electron chi connectivity index (χ0n) is 11.0. The Hall–Kier alpha value is -0.780. The van der Waals surface area contributed by atoms with E-state index in [9.17, 15) is 0 Å². The van der Waals surface area contributed by atoms with Crippen LogP contribution in [-0.2, 0) is 6.54 Å². The van der Waals surface area contributed by atoms with Crippen molar-refractivity contribution in [2.45, 2.75) is 20.4 Å². The number of hydrogen-bond acceptors (Lipinski definition) is 1. The van der Waals surface area contributed by atoms with E-state index in [1.54, 1.807) is 0 Å². The highest BCUT2D eigenvalue weighted by molar-refractivity contribution is 14.0. The van der Waals surface area contributed by atoms with Crippen molar-refractivity contribution in [1.29, 1.82) is 0 Å². The van der Waals surface area contributed by atoms with Gasteiger partial charge in [0.2, 0.25) is 0 Å². The fraction of sp³-hybridized carbons (Fsp3) is 0.462. The van der Waals surface area contributed by atoms with E-state index in [2.05, 4.69) is 60.4 Å². The van der Waals surface area contributed by atoms with Gasteiger partial charge in [-0.2, -0.15) is 0 Å². The molecule has 0 aliphatic carbocycles. The van der Waals surface area contributed by atoms with Crippen LogP contribution < -0.4 is 5.32 Å². The molecule has 96 valence electrons. The van der Waals surface area contributed by atoms with E-state index >= 15 is 0 Å². The van der Waals surface area contributed by atoms with Crippen LogP contribution >= 0.6 is 24.0 Å². The molecule has 1 aromatic carbocycles. The quantitative estimate of drug-likeness (QED) is 0.517. The Kier molecular flexibility index (Phi) is 7.95. The molecule has 0 fully saturated rings. The van der Waals surface area contributed by atoms with Crippen molar-refractivity contribution in [1.82, 2.24) is 10.2 Å². The van der Waals surface area contributed by atoms with Crippen LogP contribution in [0.4, 0.5) is 0 Å². The van der Waals surface area contributed by atoms with Crippen LogP contribution in [0.5, 0.6) is 0 Å². The van der Waals surface area contributed by atoms with Crippen molar-refractivity contribution in [3.05, 3.63) is 35.4 Å². The van der Waals surface area contributed by atoms with Gasteiger partial charge >= 0.3 is 0 Å². The van der Waals surface area contributed by atoms with Crippen LogP contribution in [0.15, 0.2) is 29.3 Å². The van der Waals surface area contributed by atoms with Crippen LogP contribution in [0.3, 0.4) is 0 Å². The molecule has 0 amide bonds. The number of hydrogen-bond donors (Lipinski definition) is 1. The topological polar surface area (TPSA) is 27.6 Å². The minimum atomic E-state index is 0. The van der Waals surface area contributed by atoms with Crippen molar-refractivity contribution in [2.24, 2.45) is 4.99 Å². The van der Waals surface area contributed by atoms with Crippen LogP contribution in [0.25, 0.3) is 0 Å². The van der Waals surface area contributed by atoms with E-state index in [1.807, 2.05) is 7.05 Å². The van der Waals surface area contributed by atoms with Crippen molar-refractivity contribution < 1.29 is 0 Å². The molecule has 0 saturated heterocycles. The Labute approximate surface area is 121 Å². The number of nitrogens with one attached hydrogen (secondary N) is 1. The third-order valence-electron chi connectivity index (χ3n) is 2.58. The number of aryl methyl sites for hydroxylation is 1. The van der Waals surface area contributed by atoms with Gasteiger partial charge in [0.25, 0.3) is 0 Å². The summed E-state index contributed by atoms with van der Waals surface area (Å²) >= 11 is 0. The first kappa shape index (κ1) is 16.2. The molecule has 0 heterocycles. The van der Waals surface area contributed by atoms with Gasteiger partial charge in [0.05, 0.1) is 0 Å². The van der Waals surface area contributed by atoms with E-state index in [-0.39, 0.29) is 24.0 Å². The summed E-state index contributed by atoms with van der Waals surface area (Å²) < 4.78 is 0. The van der Waals surface area contributed by atoms with E-state index in [4.69, 9.17) is 0 Å². The lowest BCUT2D eigenvalue weighted by molar-refractivity contribution is 0.477. The molecule has 3 nitrogen and oxygen atoms in total. The number of rotatable bonds is 3. The molecule has 0 aromatic heterocycles. The van der Waals surface area contributed by atoms with Gasteiger partial charge < -0.3 is 10.2 Å². The van der Waals surface area contributed by atoms with Crippen LogP contribution in [-0.4, -0.2) is 31.5 Å². The first-order valence-electron chi connectivity index (χ1n) is 5.65. The fourth-order valence-corrected chi connectivity index (χ4v) is 1.66. The lowest BCUT2D eigenvalue weighted by atomic mass is 10.1. The summed E-state index contributed by atoms with van der Waals surface area (Å²) in [6.45, 7) is 5.99. The van der Waals surface area contributed by atoms with Crippen molar-refractivity contribution in [3.63, 3.8) is 0 Å². The second-order valence-corrected chi connectivity index (χ2v) is 3.86. The van der Waals surface area contributed by atoms with Gasteiger partial charge in [-0.25, -0.2) is 0 Å². The Morgan fingerprint density at radius 1 is 1.35 bits per heavy atom. The highest BCUT2D eigenvalue weighted by Gasteiger charge is 2.06. The molecular weight excluding hydrogens is 325 g/mol. The first-order valence-corrected chi connectivity index (χ1v) is 5.65. The monoisotopic (exact) mass is 347 g/mol. The van der Waals surface area contributed by atoms with Crippen LogP contribution in [0.2, 0.25) is 0 Å². The molecule has 0 bridgehead atoms. The second kappa shape index (κ2) is 8.33. The molecule has 0 radical (unpaired) electrons. The zero-order valence-corrected chi connectivity index (χ0v) is 13.4. The van der Waals surface area contributed by atoms with Crippen molar-refractivity contribution in [3.8, 4) is 0 Å². The van der Waals surface area contributed by atoms with Crippen LogP contribution in [0, 0.1) is 6.92 Å². The molecule has 0 saturated carbocycles. The lowest BCUT2D eigenvalue weighted by Gasteiger charge is -2.22. The molecule has 0 spiro atoms. The van der Waals surface area contributed by atoms with Gasteiger partial charge in [0.1, 0.15) is 0 Å². The maximum Gasteiger partial charge on any atom is 0.193 e. The molecule has 0 aliphatic rings. The Morgan fingerprint density at radius 2 is 2.00 bits per heavy atom. The van der Waals surface area contributed by atoms with Crippen molar-refractivity contribution in [2.75, 3.05) is 20.6 Å². The number of benzene rings is 1. The minimum Gasteiger partial charge on any atom is -0.357 e. The molecule has 17 heavy (non-hydrogen) atoms. The highest BCUT2D eigenvalue weighted by atomic mass is 127. The second-order valence-electron chi connectivity index (χ2n) is 3.86. The van der Waals surface area contributed by atoms with Gasteiger partial charge in [0.15, 0.2) is 5.96 Å². The van der Waals surface area contributed by atoms with E-state index < -0.39 is 0 Å². The summed E-state index contributed by atoms with van der Waals surface area (Å²) in [5.74, 6) is 0.936. The third kappa shape index (κ3) is 4.93. The number of halogens is 1. The Morgan fingerprint density at radius 3 is 2.53 bits per heavy atom. The number of aliphatic imine (C=N–C) groups is 1. The lowest BCUT2D eigenvalue weighted by Crippen LogP contribution is -2.38. The maximum absolute atomic E-state index is 4.23. The summed E-state index contributed by atoms with van der Waals surface area (Å²) in [5, 5.41) is 3.25. The first-order chi connectivity index (χ1) is 7.69. The molecule has 0 atom stereocenters. The molecule has 1 N–H and O–H groups in total. The number of nitrogens with zero attached hydrogens (tertiary/aromatic N) is 2. The standard InChI is InChI=1S/C13H21N3.HI/c1-5-15-13(14-3)16(4)10-12-9-7-6-8-11(12)2;/h6-9H,5,10H2,1-4H3,(H,14,15);1H. The predicted octanol–water partition coefficient (Wildman–Crippen LogP) is 2.64. The average molecular weight is 347 g/mol. The molecule has 4 heteroatoms. The maximum atomic E-state index is 4.23. The molecular formula is C13H22IN3. The van der Waals surface area contributed by atoms with E-state index in [0.29, 0.717) is 0 Å². The van der Waals surface area contributed by atoms with Crippen molar-refractivity contribution >= 4 is 29.9 Å². The number of guanidine groups is 1. The average Bonchev–Trinajstić information content (AvgIpc) is 2.29. The van der Waals surface area contributed by atoms with E-state index in [1.165, 1.54) is 11.1 Å².